The Balaban J connectivity index is 1.11. The van der Waals surface area contributed by atoms with Crippen molar-refractivity contribution in [1.82, 2.24) is 19.5 Å². The molecule has 57 heavy (non-hydrogen) atoms. The van der Waals surface area contributed by atoms with Crippen LogP contribution in [0.25, 0.3) is 105 Å². The maximum Gasteiger partial charge on any atom is 0.160 e. The summed E-state index contributed by atoms with van der Waals surface area (Å²) in [5.74, 6) is 0.692. The molecule has 4 heteroatoms. The molecule has 11 aromatic rings. The Bertz CT molecular complexity index is 3260. The number of nitrogens with zero attached hydrogens (tertiary/aromatic N) is 4. The van der Waals surface area contributed by atoms with Crippen LogP contribution in [0.1, 0.15) is 0 Å². The largest absolute Gasteiger partial charge is 0.309 e. The van der Waals surface area contributed by atoms with Gasteiger partial charge in [0.05, 0.1) is 33.6 Å². The minimum atomic E-state index is 0.692. The smallest absolute Gasteiger partial charge is 0.160 e. The molecule has 0 fully saturated rings. The number of para-hydroxylation sites is 2. The first-order valence-electron chi connectivity index (χ1n) is 19.3. The molecular weight excluding hydrogens is 693 g/mol. The van der Waals surface area contributed by atoms with Gasteiger partial charge >= 0.3 is 0 Å². The highest BCUT2D eigenvalue weighted by Crippen LogP contribution is 2.40. The van der Waals surface area contributed by atoms with Crippen LogP contribution in [0.3, 0.4) is 0 Å². The van der Waals surface area contributed by atoms with Crippen LogP contribution >= 0.6 is 0 Å². The number of pyridine rings is 1. The number of benzene rings is 8. The molecule has 0 saturated heterocycles. The maximum atomic E-state index is 5.25. The molecule has 0 unspecified atom stereocenters. The second-order valence-electron chi connectivity index (χ2n) is 14.4. The van der Waals surface area contributed by atoms with Crippen molar-refractivity contribution >= 4 is 43.5 Å². The summed E-state index contributed by atoms with van der Waals surface area (Å²) in [6.07, 6.45) is 0. The van der Waals surface area contributed by atoms with Gasteiger partial charge in [0.2, 0.25) is 0 Å². The zero-order chi connectivity index (χ0) is 37.7. The predicted octanol–water partition coefficient (Wildman–Crippen LogP) is 13.6. The molecule has 0 aliphatic carbocycles. The van der Waals surface area contributed by atoms with Gasteiger partial charge in [0.1, 0.15) is 0 Å². The van der Waals surface area contributed by atoms with Crippen LogP contribution in [-0.4, -0.2) is 19.5 Å². The van der Waals surface area contributed by atoms with Crippen molar-refractivity contribution in [1.29, 1.82) is 0 Å². The molecule has 3 aromatic heterocycles. The zero-order valence-electron chi connectivity index (χ0n) is 30.9. The van der Waals surface area contributed by atoms with Crippen molar-refractivity contribution in [3.8, 4) is 62.0 Å². The number of hydrogen-bond donors (Lipinski definition) is 0. The number of fused-ring (bicyclic) bond motifs is 6. The van der Waals surface area contributed by atoms with Gasteiger partial charge in [-0.1, -0.05) is 164 Å². The quantitative estimate of drug-likeness (QED) is 0.160. The summed E-state index contributed by atoms with van der Waals surface area (Å²) in [4.78, 5) is 15.6. The molecule has 0 aliphatic heterocycles. The summed E-state index contributed by atoms with van der Waals surface area (Å²) in [6, 6.07) is 72.6. The van der Waals surface area contributed by atoms with E-state index in [2.05, 4.69) is 187 Å². The van der Waals surface area contributed by atoms with Gasteiger partial charge in [-0.2, -0.15) is 0 Å². The Morgan fingerprint density at radius 1 is 0.298 bits per heavy atom. The van der Waals surface area contributed by atoms with Crippen LogP contribution in [0.15, 0.2) is 206 Å². The summed E-state index contributed by atoms with van der Waals surface area (Å²) in [5, 5.41) is 5.88. The second-order valence-corrected chi connectivity index (χ2v) is 14.4. The predicted molar refractivity (Wildman–Crippen MR) is 236 cm³/mol. The summed E-state index contributed by atoms with van der Waals surface area (Å²) in [6.45, 7) is 0. The molecule has 0 saturated carbocycles. The standard InChI is InChI=1S/C53H34N4/c1-4-15-35(16-5-1)36-27-29-37(30-28-36)48-34-49(56-53(55-48)39-19-8-3-9-20-39)40-21-14-22-41(31-40)57-50-26-13-11-24-43(50)45-32-44-42-23-10-12-25-47(42)54-52(46(44)33-51(45)57)38-17-6-2-7-18-38/h1-34H. The van der Waals surface area contributed by atoms with E-state index in [1.807, 2.05) is 24.3 Å². The first kappa shape index (κ1) is 32.7. The molecule has 3 heterocycles. The summed E-state index contributed by atoms with van der Waals surface area (Å²) < 4.78 is 2.39. The van der Waals surface area contributed by atoms with E-state index in [0.717, 1.165) is 72.3 Å². The van der Waals surface area contributed by atoms with Gasteiger partial charge < -0.3 is 4.57 Å². The van der Waals surface area contributed by atoms with Crippen molar-refractivity contribution in [3.05, 3.63) is 206 Å². The Labute approximate surface area is 330 Å². The van der Waals surface area contributed by atoms with Crippen LogP contribution < -0.4 is 0 Å². The first-order valence-corrected chi connectivity index (χ1v) is 19.3. The topological polar surface area (TPSA) is 43.6 Å². The first-order chi connectivity index (χ1) is 28.2. The third kappa shape index (κ3) is 5.74. The average Bonchev–Trinajstić information content (AvgIpc) is 3.62. The fourth-order valence-electron chi connectivity index (χ4n) is 8.24. The van der Waals surface area contributed by atoms with E-state index in [-0.39, 0.29) is 0 Å². The molecule has 11 rings (SSSR count). The van der Waals surface area contributed by atoms with Crippen molar-refractivity contribution in [2.75, 3.05) is 0 Å². The van der Waals surface area contributed by atoms with Gasteiger partial charge in [-0.15, -0.1) is 0 Å². The van der Waals surface area contributed by atoms with Crippen molar-refractivity contribution in [2.24, 2.45) is 0 Å². The maximum absolute atomic E-state index is 5.25. The lowest BCUT2D eigenvalue weighted by atomic mass is 9.98. The van der Waals surface area contributed by atoms with E-state index >= 15 is 0 Å². The molecule has 0 spiro atoms. The van der Waals surface area contributed by atoms with Crippen molar-refractivity contribution in [3.63, 3.8) is 0 Å². The average molecular weight is 727 g/mol. The van der Waals surface area contributed by atoms with Crippen LogP contribution in [-0.2, 0) is 0 Å². The highest BCUT2D eigenvalue weighted by Gasteiger charge is 2.18. The third-order valence-corrected chi connectivity index (χ3v) is 11.0. The molecule has 0 N–H and O–H groups in total. The van der Waals surface area contributed by atoms with Crippen molar-refractivity contribution < 1.29 is 0 Å². The Morgan fingerprint density at radius 3 is 1.63 bits per heavy atom. The number of rotatable bonds is 6. The summed E-state index contributed by atoms with van der Waals surface area (Å²) in [5.41, 5.74) is 13.5. The van der Waals surface area contributed by atoms with Gasteiger partial charge in [-0.3, -0.25) is 0 Å². The molecular formula is C53H34N4. The normalized spacial score (nSPS) is 11.5. The Morgan fingerprint density at radius 2 is 0.877 bits per heavy atom. The van der Waals surface area contributed by atoms with Crippen LogP contribution in [0.4, 0.5) is 0 Å². The van der Waals surface area contributed by atoms with Gasteiger partial charge in [0.25, 0.3) is 0 Å². The monoisotopic (exact) mass is 726 g/mol. The Kier molecular flexibility index (Phi) is 7.78. The molecule has 4 nitrogen and oxygen atoms in total. The lowest BCUT2D eigenvalue weighted by molar-refractivity contribution is 1.16. The lowest BCUT2D eigenvalue weighted by Gasteiger charge is -2.14. The van der Waals surface area contributed by atoms with E-state index < -0.39 is 0 Å². The highest BCUT2D eigenvalue weighted by atomic mass is 15.0. The highest BCUT2D eigenvalue weighted by molar-refractivity contribution is 6.20. The van der Waals surface area contributed by atoms with Gasteiger partial charge in [-0.25, -0.2) is 15.0 Å². The van der Waals surface area contributed by atoms with Gasteiger partial charge in [0, 0.05) is 49.5 Å². The molecule has 0 radical (unpaired) electrons. The van der Waals surface area contributed by atoms with Gasteiger partial charge in [0.15, 0.2) is 5.82 Å². The molecule has 8 aromatic carbocycles. The van der Waals surface area contributed by atoms with E-state index in [0.29, 0.717) is 5.82 Å². The molecule has 0 aliphatic rings. The van der Waals surface area contributed by atoms with Crippen LogP contribution in [0.5, 0.6) is 0 Å². The summed E-state index contributed by atoms with van der Waals surface area (Å²) in [7, 11) is 0. The molecule has 266 valence electrons. The summed E-state index contributed by atoms with van der Waals surface area (Å²) >= 11 is 0. The number of aromatic nitrogens is 4. The van der Waals surface area contributed by atoms with E-state index in [1.165, 1.54) is 27.3 Å². The third-order valence-electron chi connectivity index (χ3n) is 11.0. The van der Waals surface area contributed by atoms with E-state index in [4.69, 9.17) is 15.0 Å². The molecule has 0 bridgehead atoms. The van der Waals surface area contributed by atoms with Crippen LogP contribution in [0.2, 0.25) is 0 Å². The molecule has 0 amide bonds. The van der Waals surface area contributed by atoms with E-state index in [9.17, 15) is 0 Å². The second kappa shape index (κ2) is 13.6. The molecule has 0 atom stereocenters. The zero-order valence-corrected chi connectivity index (χ0v) is 30.9. The SMILES string of the molecule is c1ccc(-c2ccc(-c3cc(-c4cccc(-n5c6ccccc6c6cc7c(cc65)c(-c5ccccc5)nc5ccccc57)c4)nc(-c4ccccc4)n3)cc2)cc1. The fourth-order valence-corrected chi connectivity index (χ4v) is 8.24. The Hall–Kier alpha value is -7.69. The van der Waals surface area contributed by atoms with Gasteiger partial charge in [-0.05, 0) is 59.0 Å². The van der Waals surface area contributed by atoms with Crippen molar-refractivity contribution in [2.45, 2.75) is 0 Å². The lowest BCUT2D eigenvalue weighted by Crippen LogP contribution is -1.98. The fraction of sp³-hybridized carbons (Fsp3) is 0. The van der Waals surface area contributed by atoms with Crippen LogP contribution in [0, 0.1) is 0 Å². The van der Waals surface area contributed by atoms with E-state index in [1.54, 1.807) is 0 Å². The minimum absolute atomic E-state index is 0.692. The number of hydrogen-bond acceptors (Lipinski definition) is 3. The minimum Gasteiger partial charge on any atom is -0.309 e.